The lowest BCUT2D eigenvalue weighted by molar-refractivity contribution is 0.248. The third-order valence-electron chi connectivity index (χ3n) is 4.80. The van der Waals surface area contributed by atoms with Gasteiger partial charge in [0.15, 0.2) is 0 Å². The van der Waals surface area contributed by atoms with E-state index in [1.807, 2.05) is 24.4 Å². The fraction of sp³-hybridized carbons (Fsp3) is 0.400. The van der Waals surface area contributed by atoms with Gasteiger partial charge in [0.05, 0.1) is 19.9 Å². The Bertz CT molecular complexity index is 746. The van der Waals surface area contributed by atoms with E-state index in [2.05, 4.69) is 20.5 Å². The third kappa shape index (κ3) is 5.03. The highest BCUT2D eigenvalue weighted by Crippen LogP contribution is 2.29. The fourth-order valence-corrected chi connectivity index (χ4v) is 3.21. The Hall–Kier alpha value is -2.96. The average Bonchev–Trinajstić information content (AvgIpc) is 2.73. The van der Waals surface area contributed by atoms with Crippen LogP contribution in [-0.4, -0.2) is 44.9 Å². The van der Waals surface area contributed by atoms with Crippen LogP contribution in [0.1, 0.15) is 12.8 Å². The van der Waals surface area contributed by atoms with Crippen LogP contribution in [0.25, 0.3) is 0 Å². The van der Waals surface area contributed by atoms with E-state index in [0.717, 1.165) is 31.7 Å². The van der Waals surface area contributed by atoms with Crippen LogP contribution in [0.15, 0.2) is 42.6 Å². The third-order valence-corrected chi connectivity index (χ3v) is 4.80. The van der Waals surface area contributed by atoms with Crippen molar-refractivity contribution in [3.05, 3.63) is 42.6 Å². The minimum atomic E-state index is -0.231. The number of ether oxygens (including phenoxy) is 2. The molecule has 1 aromatic heterocycles. The van der Waals surface area contributed by atoms with Crippen LogP contribution < -0.4 is 25.0 Å². The molecule has 1 saturated heterocycles. The minimum absolute atomic E-state index is 0.231. The zero-order chi connectivity index (χ0) is 19.1. The summed E-state index contributed by atoms with van der Waals surface area (Å²) >= 11 is 0. The van der Waals surface area contributed by atoms with E-state index < -0.39 is 0 Å². The zero-order valence-corrected chi connectivity index (χ0v) is 15.8. The molecule has 0 unspecified atom stereocenters. The summed E-state index contributed by atoms with van der Waals surface area (Å²) in [5, 5.41) is 5.80. The van der Waals surface area contributed by atoms with Crippen LogP contribution in [-0.2, 0) is 0 Å². The van der Waals surface area contributed by atoms with Crippen LogP contribution in [0, 0.1) is 5.92 Å². The first kappa shape index (κ1) is 18.8. The molecule has 7 heteroatoms. The highest BCUT2D eigenvalue weighted by Gasteiger charge is 2.20. The number of anilines is 2. The number of carbonyl (C=O) groups excluding carboxylic acids is 1. The van der Waals surface area contributed by atoms with Crippen molar-refractivity contribution in [1.29, 1.82) is 0 Å². The second kappa shape index (κ2) is 9.12. The first-order valence-corrected chi connectivity index (χ1v) is 9.12. The summed E-state index contributed by atoms with van der Waals surface area (Å²) in [6.07, 6.45) is 3.88. The van der Waals surface area contributed by atoms with E-state index in [9.17, 15) is 4.79 Å². The summed E-state index contributed by atoms with van der Waals surface area (Å²) in [5.74, 6) is 2.73. The monoisotopic (exact) mass is 370 g/mol. The number of carbonyl (C=O) groups is 1. The lowest BCUT2D eigenvalue weighted by Gasteiger charge is -2.32. The molecular weight excluding hydrogens is 344 g/mol. The number of benzene rings is 1. The molecule has 2 amide bonds. The lowest BCUT2D eigenvalue weighted by Crippen LogP contribution is -2.40. The van der Waals surface area contributed by atoms with Gasteiger partial charge in [-0.2, -0.15) is 0 Å². The molecule has 7 nitrogen and oxygen atoms in total. The van der Waals surface area contributed by atoms with Crippen LogP contribution in [0.3, 0.4) is 0 Å². The summed E-state index contributed by atoms with van der Waals surface area (Å²) in [7, 11) is 3.15. The van der Waals surface area contributed by atoms with Crippen LogP contribution in [0.4, 0.5) is 16.3 Å². The number of piperidine rings is 1. The van der Waals surface area contributed by atoms with Gasteiger partial charge in [-0.05, 0) is 43.0 Å². The van der Waals surface area contributed by atoms with E-state index in [-0.39, 0.29) is 6.03 Å². The molecule has 0 saturated carbocycles. The summed E-state index contributed by atoms with van der Waals surface area (Å²) in [5.41, 5.74) is 0.612. The number of methoxy groups -OCH3 is 2. The molecule has 0 spiro atoms. The van der Waals surface area contributed by atoms with Crippen molar-refractivity contribution < 1.29 is 14.3 Å². The van der Waals surface area contributed by atoms with Gasteiger partial charge in [-0.1, -0.05) is 6.07 Å². The zero-order valence-electron chi connectivity index (χ0n) is 15.8. The van der Waals surface area contributed by atoms with Gasteiger partial charge in [-0.25, -0.2) is 9.78 Å². The number of amides is 2. The summed E-state index contributed by atoms with van der Waals surface area (Å²) in [6.45, 7) is 2.56. The number of pyridine rings is 1. The Morgan fingerprint density at radius 1 is 1.19 bits per heavy atom. The topological polar surface area (TPSA) is 75.7 Å². The predicted octanol–water partition coefficient (Wildman–Crippen LogP) is 3.14. The molecule has 3 rings (SSSR count). The van der Waals surface area contributed by atoms with Crippen molar-refractivity contribution in [3.8, 4) is 11.5 Å². The first-order chi connectivity index (χ1) is 13.2. The van der Waals surface area contributed by atoms with Gasteiger partial charge in [0.1, 0.15) is 17.3 Å². The number of hydrogen-bond acceptors (Lipinski definition) is 5. The molecule has 0 aliphatic carbocycles. The van der Waals surface area contributed by atoms with Gasteiger partial charge in [0.25, 0.3) is 0 Å². The predicted molar refractivity (Wildman–Crippen MR) is 106 cm³/mol. The second-order valence-corrected chi connectivity index (χ2v) is 6.52. The van der Waals surface area contributed by atoms with E-state index >= 15 is 0 Å². The molecule has 2 aromatic rings. The lowest BCUT2D eigenvalue weighted by atomic mass is 9.97. The molecular formula is C20H26N4O3. The Labute approximate surface area is 159 Å². The minimum Gasteiger partial charge on any atom is -0.497 e. The van der Waals surface area contributed by atoms with Crippen molar-refractivity contribution >= 4 is 17.5 Å². The van der Waals surface area contributed by atoms with E-state index in [4.69, 9.17) is 9.47 Å². The van der Waals surface area contributed by atoms with E-state index in [0.29, 0.717) is 29.6 Å². The van der Waals surface area contributed by atoms with Gasteiger partial charge in [-0.3, -0.25) is 0 Å². The Balaban J connectivity index is 1.45. The van der Waals surface area contributed by atoms with Gasteiger partial charge >= 0.3 is 6.03 Å². The Morgan fingerprint density at radius 3 is 2.67 bits per heavy atom. The molecule has 0 radical (unpaired) electrons. The van der Waals surface area contributed by atoms with Gasteiger partial charge in [0.2, 0.25) is 0 Å². The molecule has 0 bridgehead atoms. The van der Waals surface area contributed by atoms with Gasteiger partial charge in [0, 0.05) is 31.9 Å². The number of rotatable bonds is 6. The number of aromatic nitrogens is 1. The van der Waals surface area contributed by atoms with Crippen molar-refractivity contribution in [2.45, 2.75) is 12.8 Å². The molecule has 0 atom stereocenters. The molecule has 144 valence electrons. The van der Waals surface area contributed by atoms with E-state index in [1.165, 1.54) is 0 Å². The van der Waals surface area contributed by atoms with Crippen LogP contribution in [0.2, 0.25) is 0 Å². The molecule has 1 aromatic carbocycles. The quantitative estimate of drug-likeness (QED) is 0.817. The average molecular weight is 370 g/mol. The molecule has 2 N–H and O–H groups in total. The van der Waals surface area contributed by atoms with Crippen LogP contribution in [0.5, 0.6) is 11.5 Å². The van der Waals surface area contributed by atoms with Crippen molar-refractivity contribution in [3.63, 3.8) is 0 Å². The Kier molecular flexibility index (Phi) is 6.35. The van der Waals surface area contributed by atoms with Crippen molar-refractivity contribution in [2.24, 2.45) is 5.92 Å². The normalized spacial score (nSPS) is 14.5. The Morgan fingerprint density at radius 2 is 2.00 bits per heavy atom. The summed E-state index contributed by atoms with van der Waals surface area (Å²) in [6, 6.07) is 11.0. The maximum Gasteiger partial charge on any atom is 0.319 e. The van der Waals surface area contributed by atoms with Crippen molar-refractivity contribution in [2.75, 3.05) is 44.1 Å². The maximum atomic E-state index is 12.2. The maximum absolute atomic E-state index is 12.2. The number of urea groups is 1. The van der Waals surface area contributed by atoms with Gasteiger partial charge in [-0.15, -0.1) is 0 Å². The summed E-state index contributed by atoms with van der Waals surface area (Å²) in [4.78, 5) is 18.9. The van der Waals surface area contributed by atoms with E-state index in [1.54, 1.807) is 32.4 Å². The number of nitrogens with one attached hydrogen (secondary N) is 2. The van der Waals surface area contributed by atoms with Crippen molar-refractivity contribution in [1.82, 2.24) is 10.3 Å². The first-order valence-electron chi connectivity index (χ1n) is 9.12. The molecule has 1 aliphatic rings. The smallest absolute Gasteiger partial charge is 0.319 e. The SMILES string of the molecule is COc1ccc(NC(=O)NCC2CCN(c3ccccn3)CC2)c(OC)c1. The number of nitrogens with zero attached hydrogens (tertiary/aromatic N) is 2. The second-order valence-electron chi connectivity index (χ2n) is 6.52. The van der Waals surface area contributed by atoms with Gasteiger partial charge < -0.3 is 25.0 Å². The van der Waals surface area contributed by atoms with Crippen LogP contribution >= 0.6 is 0 Å². The number of hydrogen-bond donors (Lipinski definition) is 2. The fourth-order valence-electron chi connectivity index (χ4n) is 3.21. The molecule has 2 heterocycles. The molecule has 1 aliphatic heterocycles. The molecule has 27 heavy (non-hydrogen) atoms. The highest BCUT2D eigenvalue weighted by molar-refractivity contribution is 5.91. The molecule has 1 fully saturated rings. The standard InChI is InChI=1S/C20H26N4O3/c1-26-16-6-7-17(18(13-16)27-2)23-20(25)22-14-15-8-11-24(12-9-15)19-5-3-4-10-21-19/h3-7,10,13,15H,8-9,11-12,14H2,1-2H3,(H2,22,23,25). The largest absolute Gasteiger partial charge is 0.497 e. The highest BCUT2D eigenvalue weighted by atomic mass is 16.5. The summed E-state index contributed by atoms with van der Waals surface area (Å²) < 4.78 is 10.5.